The third-order valence-electron chi connectivity index (χ3n) is 3.83. The second kappa shape index (κ2) is 7.00. The summed E-state index contributed by atoms with van der Waals surface area (Å²) < 4.78 is 0. The molecule has 0 saturated carbocycles. The Morgan fingerprint density at radius 3 is 2.76 bits per heavy atom. The van der Waals surface area contributed by atoms with Crippen LogP contribution in [0.15, 0.2) is 23.8 Å². The predicted octanol–water partition coefficient (Wildman–Crippen LogP) is 4.33. The molecule has 2 atom stereocenters. The van der Waals surface area contributed by atoms with Crippen molar-refractivity contribution in [3.8, 4) is 0 Å². The highest BCUT2D eigenvalue weighted by molar-refractivity contribution is 5.18. The average Bonchev–Trinajstić information content (AvgIpc) is 2.73. The molecular formula is C16H28O. The van der Waals surface area contributed by atoms with Crippen LogP contribution in [0.25, 0.3) is 0 Å². The standard InChI is InChI=1S/C16H28O/c1-5-14(11-17)9-13(4)16-7-6-15(10-16)8-12(2)3/h6,12,14,16-17H,4-5,7-11H2,1-3H3/t14-,16?/m1/s1. The lowest BCUT2D eigenvalue weighted by molar-refractivity contribution is 0.219. The second-order valence-corrected chi connectivity index (χ2v) is 5.92. The van der Waals surface area contributed by atoms with Crippen molar-refractivity contribution in [2.24, 2.45) is 17.8 Å². The fourth-order valence-electron chi connectivity index (χ4n) is 2.67. The maximum Gasteiger partial charge on any atom is 0.0462 e. The first-order chi connectivity index (χ1) is 8.06. The van der Waals surface area contributed by atoms with Gasteiger partial charge in [-0.1, -0.05) is 51.0 Å². The molecule has 1 nitrogen and oxygen atoms in total. The SMILES string of the molecule is C=C(C[C@@H](CC)CO)C1CC=C(CC(C)C)C1. The Balaban J connectivity index is 2.37. The number of hydrogen-bond acceptors (Lipinski definition) is 1. The summed E-state index contributed by atoms with van der Waals surface area (Å²) >= 11 is 0. The molecule has 17 heavy (non-hydrogen) atoms. The summed E-state index contributed by atoms with van der Waals surface area (Å²) in [6, 6.07) is 0. The van der Waals surface area contributed by atoms with Gasteiger partial charge in [0.15, 0.2) is 0 Å². The summed E-state index contributed by atoms with van der Waals surface area (Å²) in [7, 11) is 0. The van der Waals surface area contributed by atoms with Crippen molar-refractivity contribution >= 4 is 0 Å². The number of hydrogen-bond donors (Lipinski definition) is 1. The van der Waals surface area contributed by atoms with Gasteiger partial charge < -0.3 is 5.11 Å². The molecule has 1 rings (SSSR count). The molecule has 98 valence electrons. The first kappa shape index (κ1) is 14.5. The molecule has 0 bridgehead atoms. The Bertz CT molecular complexity index is 271. The van der Waals surface area contributed by atoms with E-state index < -0.39 is 0 Å². The first-order valence-electron chi connectivity index (χ1n) is 7.03. The topological polar surface area (TPSA) is 20.2 Å². The quantitative estimate of drug-likeness (QED) is 0.652. The average molecular weight is 236 g/mol. The highest BCUT2D eigenvalue weighted by atomic mass is 16.3. The van der Waals surface area contributed by atoms with Crippen molar-refractivity contribution in [1.82, 2.24) is 0 Å². The fraction of sp³-hybridized carbons (Fsp3) is 0.750. The maximum absolute atomic E-state index is 9.23. The highest BCUT2D eigenvalue weighted by Gasteiger charge is 2.21. The summed E-state index contributed by atoms with van der Waals surface area (Å²) in [5.74, 6) is 1.81. The van der Waals surface area contributed by atoms with Crippen LogP contribution in [0.1, 0.15) is 52.9 Å². The molecule has 1 aliphatic rings. The van der Waals surface area contributed by atoms with Crippen LogP contribution < -0.4 is 0 Å². The lowest BCUT2D eigenvalue weighted by Crippen LogP contribution is -2.09. The van der Waals surface area contributed by atoms with Gasteiger partial charge in [0, 0.05) is 6.61 Å². The van der Waals surface area contributed by atoms with Gasteiger partial charge in [-0.2, -0.15) is 0 Å². The van der Waals surface area contributed by atoms with Crippen molar-refractivity contribution in [3.05, 3.63) is 23.8 Å². The van der Waals surface area contributed by atoms with Gasteiger partial charge in [0.25, 0.3) is 0 Å². The molecule has 1 aliphatic carbocycles. The van der Waals surface area contributed by atoms with E-state index in [-0.39, 0.29) is 0 Å². The van der Waals surface area contributed by atoms with Gasteiger partial charge in [-0.15, -0.1) is 0 Å². The van der Waals surface area contributed by atoms with Crippen LogP contribution in [0.5, 0.6) is 0 Å². The summed E-state index contributed by atoms with van der Waals surface area (Å²) in [5, 5.41) is 9.23. The molecule has 0 radical (unpaired) electrons. The second-order valence-electron chi connectivity index (χ2n) is 5.92. The van der Waals surface area contributed by atoms with Gasteiger partial charge >= 0.3 is 0 Å². The van der Waals surface area contributed by atoms with E-state index >= 15 is 0 Å². The van der Waals surface area contributed by atoms with E-state index in [1.54, 1.807) is 5.57 Å². The predicted molar refractivity (Wildman–Crippen MR) is 74.9 cm³/mol. The molecule has 0 saturated heterocycles. The minimum absolute atomic E-state index is 0.300. The van der Waals surface area contributed by atoms with Gasteiger partial charge in [0.2, 0.25) is 0 Å². The zero-order chi connectivity index (χ0) is 12.8. The van der Waals surface area contributed by atoms with Crippen LogP contribution in [0.2, 0.25) is 0 Å². The zero-order valence-electron chi connectivity index (χ0n) is 11.7. The molecule has 1 unspecified atom stereocenters. The lowest BCUT2D eigenvalue weighted by Gasteiger charge is -2.19. The summed E-state index contributed by atoms with van der Waals surface area (Å²) in [6.07, 6.45) is 8.08. The van der Waals surface area contributed by atoms with Crippen LogP contribution in [-0.4, -0.2) is 11.7 Å². The molecule has 0 aliphatic heterocycles. The molecule has 1 N–H and O–H groups in total. The minimum atomic E-state index is 0.300. The van der Waals surface area contributed by atoms with Gasteiger partial charge in [-0.25, -0.2) is 0 Å². The molecular weight excluding hydrogens is 208 g/mol. The van der Waals surface area contributed by atoms with E-state index in [1.165, 1.54) is 24.8 Å². The molecule has 0 fully saturated rings. The van der Waals surface area contributed by atoms with E-state index in [9.17, 15) is 5.11 Å². The van der Waals surface area contributed by atoms with E-state index in [2.05, 4.69) is 33.4 Å². The molecule has 0 aromatic carbocycles. The van der Waals surface area contributed by atoms with Gasteiger partial charge in [-0.3, -0.25) is 0 Å². The van der Waals surface area contributed by atoms with Crippen molar-refractivity contribution in [2.75, 3.05) is 6.61 Å². The lowest BCUT2D eigenvalue weighted by atomic mass is 9.87. The maximum atomic E-state index is 9.23. The first-order valence-corrected chi connectivity index (χ1v) is 7.03. The number of rotatable bonds is 7. The molecule has 0 aromatic heterocycles. The number of allylic oxidation sites excluding steroid dienone is 3. The zero-order valence-corrected chi connectivity index (χ0v) is 11.7. The van der Waals surface area contributed by atoms with Crippen LogP contribution >= 0.6 is 0 Å². The number of aliphatic hydroxyl groups is 1. The Hall–Kier alpha value is -0.560. The monoisotopic (exact) mass is 236 g/mol. The Morgan fingerprint density at radius 1 is 1.53 bits per heavy atom. The van der Waals surface area contributed by atoms with Gasteiger partial charge in [0.1, 0.15) is 0 Å². The third-order valence-corrected chi connectivity index (χ3v) is 3.83. The largest absolute Gasteiger partial charge is 0.396 e. The van der Waals surface area contributed by atoms with E-state index in [4.69, 9.17) is 0 Å². The van der Waals surface area contributed by atoms with Crippen molar-refractivity contribution in [2.45, 2.75) is 52.9 Å². The summed E-state index contributed by atoms with van der Waals surface area (Å²) in [5.41, 5.74) is 2.96. The van der Waals surface area contributed by atoms with Crippen molar-refractivity contribution < 1.29 is 5.11 Å². The van der Waals surface area contributed by atoms with Crippen molar-refractivity contribution in [1.29, 1.82) is 0 Å². The minimum Gasteiger partial charge on any atom is -0.396 e. The smallest absolute Gasteiger partial charge is 0.0462 e. The van der Waals surface area contributed by atoms with Crippen molar-refractivity contribution in [3.63, 3.8) is 0 Å². The van der Waals surface area contributed by atoms with Gasteiger partial charge in [0.05, 0.1) is 0 Å². The van der Waals surface area contributed by atoms with E-state index in [1.807, 2.05) is 0 Å². The fourth-order valence-corrected chi connectivity index (χ4v) is 2.67. The van der Waals surface area contributed by atoms with E-state index in [0.717, 1.165) is 18.8 Å². The molecule has 0 heterocycles. The third kappa shape index (κ3) is 4.67. The Kier molecular flexibility index (Phi) is 5.97. The van der Waals surface area contributed by atoms with Gasteiger partial charge in [-0.05, 0) is 43.4 Å². The van der Waals surface area contributed by atoms with E-state index in [0.29, 0.717) is 18.4 Å². The summed E-state index contributed by atoms with van der Waals surface area (Å²) in [6.45, 7) is 11.2. The number of aliphatic hydroxyl groups excluding tert-OH is 1. The summed E-state index contributed by atoms with van der Waals surface area (Å²) in [4.78, 5) is 0. The Morgan fingerprint density at radius 2 is 2.24 bits per heavy atom. The molecule has 0 spiro atoms. The molecule has 1 heteroatoms. The van der Waals surface area contributed by atoms with Crippen LogP contribution in [0, 0.1) is 17.8 Å². The molecule has 0 aromatic rings. The normalized spacial score (nSPS) is 21.7. The Labute approximate surface area is 107 Å². The highest BCUT2D eigenvalue weighted by Crippen LogP contribution is 2.35. The van der Waals surface area contributed by atoms with Crippen LogP contribution in [-0.2, 0) is 0 Å². The van der Waals surface area contributed by atoms with Crippen LogP contribution in [0.3, 0.4) is 0 Å². The van der Waals surface area contributed by atoms with Crippen LogP contribution in [0.4, 0.5) is 0 Å². The molecule has 0 amide bonds.